The predicted octanol–water partition coefficient (Wildman–Crippen LogP) is 2.57. The van der Waals surface area contributed by atoms with Crippen LogP contribution in [0.5, 0.6) is 0 Å². The van der Waals surface area contributed by atoms with Gasteiger partial charge in [-0.3, -0.25) is 4.79 Å². The molecule has 4 nitrogen and oxygen atoms in total. The first-order valence-corrected chi connectivity index (χ1v) is 7.02. The third kappa shape index (κ3) is 4.21. The number of nitrogen functional groups attached to an aromatic ring is 1. The van der Waals surface area contributed by atoms with Gasteiger partial charge in [-0.15, -0.1) is 0 Å². The summed E-state index contributed by atoms with van der Waals surface area (Å²) in [5.74, 6) is -0.116. The zero-order chi connectivity index (χ0) is 14.8. The van der Waals surface area contributed by atoms with Crippen molar-refractivity contribution >= 4 is 27.5 Å². The van der Waals surface area contributed by atoms with E-state index in [-0.39, 0.29) is 12.5 Å². The molecule has 1 rings (SSSR count). The van der Waals surface area contributed by atoms with Crippen molar-refractivity contribution in [1.82, 2.24) is 4.90 Å². The molecule has 106 valence electrons. The third-order valence-electron chi connectivity index (χ3n) is 2.89. The lowest BCUT2D eigenvalue weighted by Gasteiger charge is -2.28. The number of carbonyl (C=O) groups excluding carboxylic acids is 1. The number of benzene rings is 1. The van der Waals surface area contributed by atoms with Crippen molar-refractivity contribution in [1.29, 1.82) is 0 Å². The number of nitrogens with zero attached hydrogens (tertiary/aromatic N) is 1. The van der Waals surface area contributed by atoms with Crippen molar-refractivity contribution in [3.05, 3.63) is 27.7 Å². The van der Waals surface area contributed by atoms with Gasteiger partial charge in [0.1, 0.15) is 0 Å². The second kappa shape index (κ2) is 5.92. The summed E-state index contributed by atoms with van der Waals surface area (Å²) >= 11 is 3.35. The van der Waals surface area contributed by atoms with Crippen molar-refractivity contribution in [2.24, 2.45) is 0 Å². The number of likely N-dealkylation sites (N-methyl/N-ethyl adjacent to an activating group) is 1. The van der Waals surface area contributed by atoms with E-state index in [4.69, 9.17) is 5.73 Å². The Hall–Kier alpha value is -1.07. The van der Waals surface area contributed by atoms with Gasteiger partial charge in [-0.1, -0.05) is 15.9 Å². The monoisotopic (exact) mass is 328 g/mol. The minimum atomic E-state index is -0.920. The Labute approximate surface area is 122 Å². The van der Waals surface area contributed by atoms with E-state index in [9.17, 15) is 9.90 Å². The molecule has 0 atom stereocenters. The van der Waals surface area contributed by atoms with Gasteiger partial charge in [-0.2, -0.15) is 0 Å². The van der Waals surface area contributed by atoms with Crippen LogP contribution in [0.1, 0.15) is 36.7 Å². The molecule has 3 N–H and O–H groups in total. The van der Waals surface area contributed by atoms with Gasteiger partial charge < -0.3 is 15.7 Å². The summed E-state index contributed by atoms with van der Waals surface area (Å²) in [6, 6.07) is 3.54. The average Bonchev–Trinajstić information content (AvgIpc) is 2.28. The van der Waals surface area contributed by atoms with Gasteiger partial charge in [-0.25, -0.2) is 0 Å². The van der Waals surface area contributed by atoms with E-state index in [0.29, 0.717) is 17.8 Å². The van der Waals surface area contributed by atoms with Crippen molar-refractivity contribution in [3.8, 4) is 0 Å². The summed E-state index contributed by atoms with van der Waals surface area (Å²) in [6.07, 6.45) is 0. The van der Waals surface area contributed by atoms with Crippen LogP contribution in [0.25, 0.3) is 0 Å². The van der Waals surface area contributed by atoms with Gasteiger partial charge in [0.25, 0.3) is 5.91 Å². The molecular formula is C14H21BrN2O2. The fourth-order valence-corrected chi connectivity index (χ4v) is 2.36. The first-order valence-electron chi connectivity index (χ1n) is 6.23. The number of hydrogen-bond acceptors (Lipinski definition) is 3. The lowest BCUT2D eigenvalue weighted by molar-refractivity contribution is 0.0314. The first kappa shape index (κ1) is 16.0. The molecule has 0 unspecified atom stereocenters. The molecule has 1 aromatic rings. The Bertz CT molecular complexity index is 481. The summed E-state index contributed by atoms with van der Waals surface area (Å²) in [6.45, 7) is 7.91. The first-order chi connectivity index (χ1) is 8.65. The minimum Gasteiger partial charge on any atom is -0.398 e. The smallest absolute Gasteiger partial charge is 0.254 e. The van der Waals surface area contributed by atoms with Crippen molar-refractivity contribution in [2.75, 3.05) is 18.8 Å². The van der Waals surface area contributed by atoms with Gasteiger partial charge in [0.2, 0.25) is 0 Å². The van der Waals surface area contributed by atoms with E-state index in [2.05, 4.69) is 15.9 Å². The summed E-state index contributed by atoms with van der Waals surface area (Å²) in [7, 11) is 0. The van der Waals surface area contributed by atoms with E-state index in [1.807, 2.05) is 13.8 Å². The Balaban J connectivity index is 3.11. The fourth-order valence-electron chi connectivity index (χ4n) is 1.89. The highest BCUT2D eigenvalue weighted by atomic mass is 79.9. The number of amides is 1. The summed E-state index contributed by atoms with van der Waals surface area (Å²) < 4.78 is 0.776. The Morgan fingerprint density at radius 3 is 2.53 bits per heavy atom. The van der Waals surface area contributed by atoms with Gasteiger partial charge in [0, 0.05) is 28.8 Å². The second-order valence-electron chi connectivity index (χ2n) is 5.30. The standard InChI is InChI=1S/C14H21BrN2O2/c1-5-17(8-14(3,4)19)13(18)11-6-10(15)7-12(16)9(11)2/h6-7,19H,5,8,16H2,1-4H3. The van der Waals surface area contributed by atoms with Gasteiger partial charge in [-0.05, 0) is 45.4 Å². The molecule has 0 spiro atoms. The van der Waals surface area contributed by atoms with Crippen LogP contribution in [0.2, 0.25) is 0 Å². The maximum atomic E-state index is 12.5. The molecule has 1 aromatic carbocycles. The number of anilines is 1. The maximum Gasteiger partial charge on any atom is 0.254 e. The molecular weight excluding hydrogens is 308 g/mol. The van der Waals surface area contributed by atoms with Crippen molar-refractivity contribution in [3.63, 3.8) is 0 Å². The van der Waals surface area contributed by atoms with Crippen molar-refractivity contribution < 1.29 is 9.90 Å². The molecule has 5 heteroatoms. The van der Waals surface area contributed by atoms with E-state index in [0.717, 1.165) is 10.0 Å². The SMILES string of the molecule is CCN(CC(C)(C)O)C(=O)c1cc(Br)cc(N)c1C. The molecule has 0 aliphatic rings. The zero-order valence-electron chi connectivity index (χ0n) is 11.8. The molecule has 0 saturated carbocycles. The predicted molar refractivity (Wildman–Crippen MR) is 81.2 cm³/mol. The van der Waals surface area contributed by atoms with Crippen LogP contribution < -0.4 is 5.73 Å². The molecule has 0 heterocycles. The minimum absolute atomic E-state index is 0.116. The molecule has 0 radical (unpaired) electrons. The fraction of sp³-hybridized carbons (Fsp3) is 0.500. The van der Waals surface area contributed by atoms with Crippen LogP contribution in [0.4, 0.5) is 5.69 Å². The van der Waals surface area contributed by atoms with Gasteiger partial charge in [0.15, 0.2) is 0 Å². The molecule has 0 aromatic heterocycles. The summed E-state index contributed by atoms with van der Waals surface area (Å²) in [5, 5.41) is 9.87. The Morgan fingerprint density at radius 1 is 1.47 bits per heavy atom. The number of nitrogens with two attached hydrogens (primary N) is 1. The highest BCUT2D eigenvalue weighted by Crippen LogP contribution is 2.24. The van der Waals surface area contributed by atoms with E-state index in [1.165, 1.54) is 0 Å². The van der Waals surface area contributed by atoms with Crippen LogP contribution in [-0.2, 0) is 0 Å². The number of rotatable bonds is 4. The number of hydrogen-bond donors (Lipinski definition) is 2. The van der Waals surface area contributed by atoms with Crippen LogP contribution in [0, 0.1) is 6.92 Å². The number of aliphatic hydroxyl groups is 1. The highest BCUT2D eigenvalue weighted by Gasteiger charge is 2.23. The topological polar surface area (TPSA) is 66.6 Å². The lowest BCUT2D eigenvalue weighted by Crippen LogP contribution is -2.42. The second-order valence-corrected chi connectivity index (χ2v) is 6.22. The summed E-state index contributed by atoms with van der Waals surface area (Å²) in [5.41, 5.74) is 6.87. The third-order valence-corrected chi connectivity index (χ3v) is 3.35. The average molecular weight is 329 g/mol. The normalized spacial score (nSPS) is 11.5. The molecule has 0 aliphatic heterocycles. The van der Waals surface area contributed by atoms with E-state index < -0.39 is 5.60 Å². The Morgan fingerprint density at radius 2 is 2.05 bits per heavy atom. The number of carbonyl (C=O) groups is 1. The van der Waals surface area contributed by atoms with Gasteiger partial charge in [0.05, 0.1) is 5.60 Å². The Kier molecular flexibility index (Phi) is 4.98. The van der Waals surface area contributed by atoms with Crippen LogP contribution in [0.3, 0.4) is 0 Å². The van der Waals surface area contributed by atoms with E-state index >= 15 is 0 Å². The molecule has 1 amide bonds. The largest absolute Gasteiger partial charge is 0.398 e. The van der Waals surface area contributed by atoms with E-state index in [1.54, 1.807) is 30.9 Å². The quantitative estimate of drug-likeness (QED) is 0.835. The molecule has 0 bridgehead atoms. The van der Waals surface area contributed by atoms with Gasteiger partial charge >= 0.3 is 0 Å². The molecule has 0 saturated heterocycles. The van der Waals surface area contributed by atoms with Crippen molar-refractivity contribution in [2.45, 2.75) is 33.3 Å². The molecule has 0 aliphatic carbocycles. The lowest BCUT2D eigenvalue weighted by atomic mass is 10.0. The highest BCUT2D eigenvalue weighted by molar-refractivity contribution is 9.10. The number of halogens is 1. The van der Waals surface area contributed by atoms with Crippen LogP contribution in [0.15, 0.2) is 16.6 Å². The molecule has 0 fully saturated rings. The summed E-state index contributed by atoms with van der Waals surface area (Å²) in [4.78, 5) is 14.1. The van der Waals surface area contributed by atoms with Crippen LogP contribution >= 0.6 is 15.9 Å². The molecule has 19 heavy (non-hydrogen) atoms. The maximum absolute atomic E-state index is 12.5. The zero-order valence-corrected chi connectivity index (χ0v) is 13.4. The van der Waals surface area contributed by atoms with Crippen LogP contribution in [-0.4, -0.2) is 34.6 Å².